The predicted octanol–water partition coefficient (Wildman–Crippen LogP) is 0.502. The summed E-state index contributed by atoms with van der Waals surface area (Å²) in [7, 11) is -2.95. The van der Waals surface area contributed by atoms with Crippen LogP contribution in [0.1, 0.15) is 5.56 Å². The molecule has 0 aliphatic carbocycles. The zero-order valence-electron chi connectivity index (χ0n) is 8.80. The fraction of sp³-hybridized carbons (Fsp3) is 0.333. The van der Waals surface area contributed by atoms with E-state index in [4.69, 9.17) is 11.1 Å². The number of nitrogens with one attached hydrogen (secondary N) is 1. The van der Waals surface area contributed by atoms with Crippen molar-refractivity contribution in [2.45, 2.75) is 4.90 Å². The minimum Gasteiger partial charge on any atom is -0.384 e. The number of hydrogen-bond donors (Lipinski definition) is 2. The molecule has 0 saturated heterocycles. The molecule has 0 atom stereocenters. The zero-order valence-corrected chi connectivity index (χ0v) is 10.4. The first-order chi connectivity index (χ1) is 7.40. The molecular weight excluding hydrogens is 246 g/mol. The van der Waals surface area contributed by atoms with Crippen LogP contribution in [0.4, 0.5) is 0 Å². The van der Waals surface area contributed by atoms with Gasteiger partial charge in [-0.15, -0.1) is 11.8 Å². The van der Waals surface area contributed by atoms with Crippen LogP contribution >= 0.6 is 11.8 Å². The third-order valence-corrected chi connectivity index (χ3v) is 4.04. The van der Waals surface area contributed by atoms with E-state index in [1.807, 2.05) is 0 Å². The van der Waals surface area contributed by atoms with Crippen LogP contribution in [0.5, 0.6) is 0 Å². The fourth-order valence-electron chi connectivity index (χ4n) is 1.02. The molecular formula is C9H13N3O2S2. The highest BCUT2D eigenvalue weighted by atomic mass is 32.2. The van der Waals surface area contributed by atoms with Gasteiger partial charge in [-0.2, -0.15) is 0 Å². The van der Waals surface area contributed by atoms with Gasteiger partial charge in [0, 0.05) is 34.9 Å². The number of amidine groups is 1. The Balaban J connectivity index is 2.71. The number of nitrogen functional groups attached to an aromatic ring is 1. The van der Waals surface area contributed by atoms with Gasteiger partial charge in [0.25, 0.3) is 0 Å². The number of hydrogen-bond acceptors (Lipinski definition) is 5. The van der Waals surface area contributed by atoms with Crippen molar-refractivity contribution in [2.75, 3.05) is 17.8 Å². The number of thioether (sulfide) groups is 1. The SMILES string of the molecule is CS(=O)(=O)CCSc1cnccc1C(=N)N. The Kier molecular flexibility index (Phi) is 4.31. The lowest BCUT2D eigenvalue weighted by molar-refractivity contribution is 0.603. The molecule has 0 unspecified atom stereocenters. The van der Waals surface area contributed by atoms with Crippen LogP contribution in [0.2, 0.25) is 0 Å². The molecule has 88 valence electrons. The predicted molar refractivity (Wildman–Crippen MR) is 65.7 cm³/mol. The molecule has 0 aliphatic heterocycles. The summed E-state index contributed by atoms with van der Waals surface area (Å²) in [6.07, 6.45) is 4.34. The second-order valence-corrected chi connectivity index (χ2v) is 6.66. The van der Waals surface area contributed by atoms with E-state index in [1.54, 1.807) is 18.5 Å². The number of aromatic nitrogens is 1. The first kappa shape index (κ1) is 13.0. The number of sulfone groups is 1. The van der Waals surface area contributed by atoms with Crippen LogP contribution in [0.15, 0.2) is 23.4 Å². The van der Waals surface area contributed by atoms with Gasteiger partial charge in [-0.3, -0.25) is 10.4 Å². The van der Waals surface area contributed by atoms with E-state index in [-0.39, 0.29) is 11.6 Å². The molecule has 0 aliphatic rings. The van der Waals surface area contributed by atoms with Crippen LogP contribution in [0.3, 0.4) is 0 Å². The number of nitrogens with zero attached hydrogens (tertiary/aromatic N) is 1. The smallest absolute Gasteiger partial charge is 0.148 e. The van der Waals surface area contributed by atoms with Gasteiger partial charge in [0.1, 0.15) is 15.7 Å². The number of nitrogens with two attached hydrogens (primary N) is 1. The minimum atomic E-state index is -2.95. The van der Waals surface area contributed by atoms with E-state index in [1.165, 1.54) is 18.0 Å². The van der Waals surface area contributed by atoms with E-state index < -0.39 is 9.84 Å². The maximum absolute atomic E-state index is 10.9. The molecule has 7 heteroatoms. The van der Waals surface area contributed by atoms with Crippen molar-refractivity contribution in [3.05, 3.63) is 24.0 Å². The standard InChI is InChI=1S/C9H13N3O2S2/c1-16(13,14)5-4-15-8-6-12-3-2-7(8)9(10)11/h2-3,6H,4-5H2,1H3,(H3,10,11). The summed E-state index contributed by atoms with van der Waals surface area (Å²) in [5.41, 5.74) is 5.99. The van der Waals surface area contributed by atoms with Crippen LogP contribution < -0.4 is 5.73 Å². The first-order valence-corrected chi connectivity index (χ1v) is 7.53. The van der Waals surface area contributed by atoms with Crippen LogP contribution in [0, 0.1) is 5.41 Å². The molecule has 5 nitrogen and oxygen atoms in total. The van der Waals surface area contributed by atoms with E-state index in [0.29, 0.717) is 11.3 Å². The van der Waals surface area contributed by atoms with Crippen LogP contribution in [-0.4, -0.2) is 37.0 Å². The Morgan fingerprint density at radius 1 is 1.62 bits per heavy atom. The summed E-state index contributed by atoms with van der Waals surface area (Å²) >= 11 is 1.34. The third-order valence-electron chi connectivity index (χ3n) is 1.79. The van der Waals surface area contributed by atoms with Gasteiger partial charge in [-0.25, -0.2) is 8.42 Å². The van der Waals surface area contributed by atoms with E-state index >= 15 is 0 Å². The first-order valence-electron chi connectivity index (χ1n) is 4.49. The number of rotatable bonds is 5. The summed E-state index contributed by atoms with van der Waals surface area (Å²) in [4.78, 5) is 4.66. The molecule has 0 fully saturated rings. The topological polar surface area (TPSA) is 96.9 Å². The van der Waals surface area contributed by atoms with Crippen molar-refractivity contribution in [2.24, 2.45) is 5.73 Å². The van der Waals surface area contributed by atoms with Crippen molar-refractivity contribution in [3.8, 4) is 0 Å². The molecule has 16 heavy (non-hydrogen) atoms. The van der Waals surface area contributed by atoms with Gasteiger partial charge in [-0.1, -0.05) is 0 Å². The third kappa shape index (κ3) is 4.19. The Hall–Kier alpha value is -1.08. The van der Waals surface area contributed by atoms with Crippen LogP contribution in [0.25, 0.3) is 0 Å². The molecule has 1 aromatic heterocycles. The average Bonchev–Trinajstić information content (AvgIpc) is 2.16. The van der Waals surface area contributed by atoms with Crippen molar-refractivity contribution < 1.29 is 8.42 Å². The quantitative estimate of drug-likeness (QED) is 0.456. The van der Waals surface area contributed by atoms with Crippen molar-refractivity contribution >= 4 is 27.4 Å². The van der Waals surface area contributed by atoms with Gasteiger partial charge in [0.05, 0.1) is 5.75 Å². The van der Waals surface area contributed by atoms with Gasteiger partial charge < -0.3 is 5.73 Å². The normalized spacial score (nSPS) is 11.3. The largest absolute Gasteiger partial charge is 0.384 e. The van der Waals surface area contributed by atoms with E-state index in [0.717, 1.165) is 4.90 Å². The molecule has 1 heterocycles. The van der Waals surface area contributed by atoms with Gasteiger partial charge >= 0.3 is 0 Å². The van der Waals surface area contributed by atoms with E-state index in [9.17, 15) is 8.42 Å². The van der Waals surface area contributed by atoms with Gasteiger partial charge in [0.15, 0.2) is 0 Å². The molecule has 0 amide bonds. The maximum atomic E-state index is 10.9. The molecule has 1 aromatic rings. The van der Waals surface area contributed by atoms with Gasteiger partial charge in [0.2, 0.25) is 0 Å². The Labute approximate surface area is 98.9 Å². The second kappa shape index (κ2) is 5.31. The Morgan fingerprint density at radius 2 is 2.31 bits per heavy atom. The summed E-state index contributed by atoms with van der Waals surface area (Å²) in [5, 5.41) is 7.35. The average molecular weight is 259 g/mol. The highest BCUT2D eigenvalue weighted by Crippen LogP contribution is 2.21. The summed E-state index contributed by atoms with van der Waals surface area (Å²) in [5.74, 6) is 0.499. The molecule has 0 bridgehead atoms. The summed E-state index contributed by atoms with van der Waals surface area (Å²) in [6.45, 7) is 0. The van der Waals surface area contributed by atoms with Crippen LogP contribution in [-0.2, 0) is 9.84 Å². The molecule has 0 spiro atoms. The Morgan fingerprint density at radius 3 is 2.88 bits per heavy atom. The summed E-state index contributed by atoms with van der Waals surface area (Å²) in [6, 6.07) is 1.64. The zero-order chi connectivity index (χ0) is 12.2. The molecule has 0 aromatic carbocycles. The molecule has 3 N–H and O–H groups in total. The number of pyridine rings is 1. The monoisotopic (exact) mass is 259 g/mol. The fourth-order valence-corrected chi connectivity index (χ4v) is 3.25. The molecule has 0 saturated carbocycles. The molecule has 0 radical (unpaired) electrons. The van der Waals surface area contributed by atoms with Crippen molar-refractivity contribution in [3.63, 3.8) is 0 Å². The van der Waals surface area contributed by atoms with E-state index in [2.05, 4.69) is 4.98 Å². The van der Waals surface area contributed by atoms with Crippen molar-refractivity contribution in [1.82, 2.24) is 4.98 Å². The second-order valence-electron chi connectivity index (χ2n) is 3.26. The lowest BCUT2D eigenvalue weighted by Gasteiger charge is -2.06. The van der Waals surface area contributed by atoms with Crippen molar-refractivity contribution in [1.29, 1.82) is 5.41 Å². The Bertz CT molecular complexity index is 485. The summed E-state index contributed by atoms with van der Waals surface area (Å²) < 4.78 is 21.9. The molecule has 1 rings (SSSR count). The lowest BCUT2D eigenvalue weighted by atomic mass is 10.2. The van der Waals surface area contributed by atoms with Gasteiger partial charge in [-0.05, 0) is 6.07 Å². The highest BCUT2D eigenvalue weighted by molar-refractivity contribution is 8.00. The maximum Gasteiger partial charge on any atom is 0.148 e. The minimum absolute atomic E-state index is 0.0377. The lowest BCUT2D eigenvalue weighted by Crippen LogP contribution is -2.13. The highest BCUT2D eigenvalue weighted by Gasteiger charge is 2.07.